The number of methoxy groups -OCH3 is 1. The fourth-order valence-corrected chi connectivity index (χ4v) is 5.98. The predicted molar refractivity (Wildman–Crippen MR) is 123 cm³/mol. The highest BCUT2D eigenvalue weighted by Gasteiger charge is 2.25. The van der Waals surface area contributed by atoms with Gasteiger partial charge in [-0.2, -0.15) is 0 Å². The Morgan fingerprint density at radius 2 is 1.93 bits per heavy atom. The van der Waals surface area contributed by atoms with Crippen LogP contribution in [0, 0.1) is 6.92 Å². The second kappa shape index (κ2) is 10.6. The molecule has 1 N–H and O–H groups in total. The van der Waals surface area contributed by atoms with E-state index in [1.54, 1.807) is 18.0 Å². The Morgan fingerprint density at radius 1 is 1.23 bits per heavy atom. The molecular weight excluding hydrogens is 469 g/mol. The summed E-state index contributed by atoms with van der Waals surface area (Å²) in [5.74, 6) is 0.735. The molecule has 1 aliphatic rings. The third kappa shape index (κ3) is 5.54. The summed E-state index contributed by atoms with van der Waals surface area (Å²) in [5, 5.41) is 0. The van der Waals surface area contributed by atoms with Crippen molar-refractivity contribution in [3.05, 3.63) is 65.3 Å². The van der Waals surface area contributed by atoms with Crippen molar-refractivity contribution in [1.29, 1.82) is 0 Å². The topological polar surface area (TPSA) is 76.6 Å². The Morgan fingerprint density at radius 3 is 2.50 bits per heavy atom. The number of H-pyrrole nitrogens is 1. The van der Waals surface area contributed by atoms with Gasteiger partial charge < -0.3 is 9.47 Å². The minimum absolute atomic E-state index is 0.0218. The smallest absolute Gasteiger partial charge is 0.298 e. The molecule has 0 aliphatic carbocycles. The zero-order chi connectivity index (χ0) is 21.7. The zero-order valence-corrected chi connectivity index (χ0v) is 19.7. The van der Waals surface area contributed by atoms with Crippen LogP contribution >= 0.6 is 45.4 Å². The van der Waals surface area contributed by atoms with Crippen LogP contribution in [0.1, 0.15) is 5.56 Å². The van der Waals surface area contributed by atoms with E-state index in [4.69, 9.17) is 32.7 Å². The first-order valence-electron chi connectivity index (χ1n) is 9.12. The van der Waals surface area contributed by atoms with Crippen molar-refractivity contribution in [2.24, 2.45) is 0 Å². The van der Waals surface area contributed by atoms with Crippen LogP contribution in [0.2, 0.25) is 8.67 Å². The number of benzene rings is 1. The molecule has 4 rings (SSSR count). The SMILES string of the molecule is COc1ccccc1-[s+]1[nH]c(=O)c(C)c1Cl.O=c1cc(Cl)sn1CN1CCOCC1. The van der Waals surface area contributed by atoms with E-state index in [1.807, 2.05) is 24.3 Å². The quantitative estimate of drug-likeness (QED) is 0.560. The molecule has 0 bridgehead atoms. The van der Waals surface area contributed by atoms with Crippen molar-refractivity contribution in [2.45, 2.75) is 13.6 Å². The van der Waals surface area contributed by atoms with Crippen LogP contribution < -0.4 is 15.9 Å². The van der Waals surface area contributed by atoms with Gasteiger partial charge >= 0.3 is 0 Å². The molecule has 1 unspecified atom stereocenters. The number of ether oxygens (including phenoxy) is 2. The first-order valence-corrected chi connectivity index (χ1v) is 11.9. The Kier molecular flexibility index (Phi) is 8.15. The van der Waals surface area contributed by atoms with Gasteiger partial charge in [0.05, 0.1) is 32.6 Å². The third-order valence-corrected chi connectivity index (χ3v) is 8.11. The summed E-state index contributed by atoms with van der Waals surface area (Å²) in [5.41, 5.74) is 0.446. The van der Waals surface area contributed by atoms with E-state index in [0.29, 0.717) is 20.9 Å². The first kappa shape index (κ1) is 23.1. The van der Waals surface area contributed by atoms with Gasteiger partial charge in [0.2, 0.25) is 4.90 Å². The summed E-state index contributed by atoms with van der Waals surface area (Å²) in [6.45, 7) is 5.59. The van der Waals surface area contributed by atoms with Crippen LogP contribution in [0.25, 0.3) is 4.90 Å². The Hall–Kier alpha value is -1.62. The normalized spacial score (nSPS) is 14.9. The molecule has 0 saturated carbocycles. The van der Waals surface area contributed by atoms with Gasteiger partial charge in [-0.15, -0.1) is 4.37 Å². The van der Waals surface area contributed by atoms with Gasteiger partial charge in [0.15, 0.2) is 5.75 Å². The van der Waals surface area contributed by atoms with Gasteiger partial charge in [-0.3, -0.25) is 14.5 Å². The monoisotopic (exact) mass is 490 g/mol. The van der Waals surface area contributed by atoms with Crippen LogP contribution in [0.3, 0.4) is 0 Å². The maximum Gasteiger partial charge on any atom is 0.298 e. The van der Waals surface area contributed by atoms with Gasteiger partial charge in [-0.05, 0) is 36.1 Å². The molecular formula is C19H22Cl2N3O4S2+. The van der Waals surface area contributed by atoms with Gasteiger partial charge in [0.1, 0.15) is 15.0 Å². The van der Waals surface area contributed by atoms with E-state index in [9.17, 15) is 9.59 Å². The summed E-state index contributed by atoms with van der Waals surface area (Å²) in [7, 11) is 1.02. The summed E-state index contributed by atoms with van der Waals surface area (Å²) in [4.78, 5) is 25.9. The van der Waals surface area contributed by atoms with E-state index >= 15 is 0 Å². The van der Waals surface area contributed by atoms with Crippen molar-refractivity contribution in [3.8, 4) is 10.6 Å². The second-order valence-corrected chi connectivity index (χ2v) is 10.4. The zero-order valence-electron chi connectivity index (χ0n) is 16.5. The number of hydrogen-bond donors (Lipinski definition) is 1. The molecule has 0 radical (unpaired) electrons. The van der Waals surface area contributed by atoms with Crippen LogP contribution in [0.4, 0.5) is 0 Å². The fraction of sp³-hybridized carbons (Fsp3) is 0.368. The molecule has 1 aliphatic heterocycles. The number of rotatable bonds is 4. The number of para-hydroxylation sites is 1. The van der Waals surface area contributed by atoms with E-state index in [0.717, 1.165) is 36.9 Å². The highest BCUT2D eigenvalue weighted by Crippen LogP contribution is 2.41. The third-order valence-electron chi connectivity index (χ3n) is 4.41. The molecule has 2 aromatic heterocycles. The molecule has 0 amide bonds. The van der Waals surface area contributed by atoms with Crippen molar-refractivity contribution >= 4 is 45.4 Å². The molecule has 1 atom stereocenters. The van der Waals surface area contributed by atoms with Gasteiger partial charge in [0.25, 0.3) is 15.5 Å². The minimum Gasteiger partial charge on any atom is -0.491 e. The van der Waals surface area contributed by atoms with Gasteiger partial charge in [0, 0.05) is 25.2 Å². The molecule has 1 fully saturated rings. The minimum atomic E-state index is -0.587. The molecule has 3 aromatic rings. The summed E-state index contributed by atoms with van der Waals surface area (Å²) >= 11 is 13.2. The summed E-state index contributed by atoms with van der Waals surface area (Å²) in [6, 6.07) is 8.99. The average Bonchev–Trinajstić information content (AvgIpc) is 3.21. The van der Waals surface area contributed by atoms with E-state index in [1.165, 1.54) is 17.6 Å². The van der Waals surface area contributed by atoms with E-state index in [-0.39, 0.29) is 11.1 Å². The van der Waals surface area contributed by atoms with Crippen molar-refractivity contribution in [1.82, 2.24) is 13.2 Å². The van der Waals surface area contributed by atoms with Gasteiger partial charge in [-0.1, -0.05) is 23.7 Å². The van der Waals surface area contributed by atoms with Crippen LogP contribution in [-0.2, 0) is 11.4 Å². The van der Waals surface area contributed by atoms with Crippen LogP contribution in [-0.4, -0.2) is 46.6 Å². The van der Waals surface area contributed by atoms with Crippen molar-refractivity contribution in [2.75, 3.05) is 33.4 Å². The van der Waals surface area contributed by atoms with Crippen LogP contribution in [0.5, 0.6) is 5.75 Å². The highest BCUT2D eigenvalue weighted by atomic mass is 35.5. The molecule has 3 heterocycles. The maximum atomic E-state index is 11.5. The standard InChI is InChI=1S/C11H10ClNO2S.C8H11ClN2O2S/c1-7-10(12)16(13-11(7)14)9-6-4-3-5-8(9)15-2;9-7-5-8(12)11(14-7)6-10-1-3-13-4-2-10/h3-6H,1-2H3;5H,1-4,6H2/p+1. The van der Waals surface area contributed by atoms with Gasteiger partial charge in [-0.25, -0.2) is 3.96 Å². The molecule has 1 saturated heterocycles. The van der Waals surface area contributed by atoms with Crippen molar-refractivity contribution < 1.29 is 9.47 Å². The number of aromatic amines is 1. The summed E-state index contributed by atoms with van der Waals surface area (Å²) < 4.78 is 16.1. The molecule has 11 heteroatoms. The van der Waals surface area contributed by atoms with Crippen LogP contribution in [0.15, 0.2) is 39.9 Å². The first-order chi connectivity index (χ1) is 14.4. The summed E-state index contributed by atoms with van der Waals surface area (Å²) in [6.07, 6.45) is 0. The Bertz CT molecular complexity index is 1100. The second-order valence-electron chi connectivity index (χ2n) is 6.42. The maximum absolute atomic E-state index is 11.5. The Balaban J connectivity index is 0.000000172. The molecule has 1 aromatic carbocycles. The van der Waals surface area contributed by atoms with E-state index < -0.39 is 10.7 Å². The molecule has 162 valence electrons. The lowest BCUT2D eigenvalue weighted by atomic mass is 10.3. The highest BCUT2D eigenvalue weighted by molar-refractivity contribution is 7.38. The lowest BCUT2D eigenvalue weighted by molar-refractivity contribution is 0.0247. The molecule has 0 spiro atoms. The fourth-order valence-electron chi connectivity index (χ4n) is 2.76. The Labute approximate surface area is 190 Å². The average molecular weight is 491 g/mol. The van der Waals surface area contributed by atoms with Crippen molar-refractivity contribution in [3.63, 3.8) is 0 Å². The number of hydrogen-bond acceptors (Lipinski definition) is 6. The molecule has 7 nitrogen and oxygen atoms in total. The number of nitrogens with zero attached hydrogens (tertiary/aromatic N) is 2. The molecule has 30 heavy (non-hydrogen) atoms. The number of morpholine rings is 1. The van der Waals surface area contributed by atoms with E-state index in [2.05, 4.69) is 9.27 Å². The number of halogens is 2. The number of aromatic nitrogens is 2. The lowest BCUT2D eigenvalue weighted by Gasteiger charge is -2.26. The number of nitrogens with one attached hydrogen (secondary N) is 1. The lowest BCUT2D eigenvalue weighted by Crippen LogP contribution is -2.38. The predicted octanol–water partition coefficient (Wildman–Crippen LogP) is 3.94. The largest absolute Gasteiger partial charge is 0.491 e.